The second-order valence-corrected chi connectivity index (χ2v) is 4.20. The SMILES string of the molecule is CCCC(C(=CC(=O)O)C(=O)O)N1CCOCC1. The van der Waals surface area contributed by atoms with Crippen molar-refractivity contribution in [2.24, 2.45) is 0 Å². The van der Waals surface area contributed by atoms with Gasteiger partial charge in [-0.3, -0.25) is 4.90 Å². The van der Waals surface area contributed by atoms with Crippen molar-refractivity contribution in [3.63, 3.8) is 0 Å². The average Bonchev–Trinajstić information content (AvgIpc) is 2.34. The van der Waals surface area contributed by atoms with E-state index in [4.69, 9.17) is 14.9 Å². The second-order valence-electron chi connectivity index (χ2n) is 4.20. The molecule has 0 aromatic carbocycles. The molecule has 1 heterocycles. The van der Waals surface area contributed by atoms with Crippen molar-refractivity contribution < 1.29 is 24.5 Å². The van der Waals surface area contributed by atoms with Crippen molar-refractivity contribution in [2.75, 3.05) is 26.3 Å². The quantitative estimate of drug-likeness (QED) is 0.677. The first-order valence-electron chi connectivity index (χ1n) is 6.05. The van der Waals surface area contributed by atoms with Gasteiger partial charge in [-0.15, -0.1) is 0 Å². The molecule has 1 unspecified atom stereocenters. The highest BCUT2D eigenvalue weighted by Gasteiger charge is 2.28. The van der Waals surface area contributed by atoms with Crippen molar-refractivity contribution in [1.29, 1.82) is 0 Å². The van der Waals surface area contributed by atoms with Crippen LogP contribution in [0.2, 0.25) is 0 Å². The number of carboxylic acids is 2. The van der Waals surface area contributed by atoms with E-state index in [0.717, 1.165) is 12.5 Å². The third kappa shape index (κ3) is 4.12. The number of rotatable bonds is 6. The van der Waals surface area contributed by atoms with Gasteiger partial charge < -0.3 is 14.9 Å². The zero-order chi connectivity index (χ0) is 13.5. The van der Waals surface area contributed by atoms with Crippen LogP contribution in [-0.2, 0) is 14.3 Å². The molecule has 102 valence electrons. The molecular weight excluding hydrogens is 238 g/mol. The largest absolute Gasteiger partial charge is 0.478 e. The Balaban J connectivity index is 2.91. The third-order valence-corrected chi connectivity index (χ3v) is 2.93. The summed E-state index contributed by atoms with van der Waals surface area (Å²) in [5.74, 6) is -2.39. The lowest BCUT2D eigenvalue weighted by atomic mass is 9.99. The molecule has 0 spiro atoms. The third-order valence-electron chi connectivity index (χ3n) is 2.93. The summed E-state index contributed by atoms with van der Waals surface area (Å²) in [7, 11) is 0. The monoisotopic (exact) mass is 257 g/mol. The van der Waals surface area contributed by atoms with Crippen molar-refractivity contribution in [1.82, 2.24) is 4.90 Å². The Hall–Kier alpha value is -1.40. The smallest absolute Gasteiger partial charge is 0.333 e. The summed E-state index contributed by atoms with van der Waals surface area (Å²) in [5.41, 5.74) is -0.0498. The molecule has 0 bridgehead atoms. The topological polar surface area (TPSA) is 87.1 Å². The fourth-order valence-corrected chi connectivity index (χ4v) is 2.13. The van der Waals surface area contributed by atoms with Crippen LogP contribution in [0.25, 0.3) is 0 Å². The number of aliphatic carboxylic acids is 2. The van der Waals surface area contributed by atoms with E-state index in [-0.39, 0.29) is 11.6 Å². The molecule has 6 heteroatoms. The molecule has 1 atom stereocenters. The van der Waals surface area contributed by atoms with Crippen molar-refractivity contribution >= 4 is 11.9 Å². The van der Waals surface area contributed by atoms with Crippen LogP contribution in [0.5, 0.6) is 0 Å². The molecule has 1 fully saturated rings. The van der Waals surface area contributed by atoms with Crippen molar-refractivity contribution in [3.05, 3.63) is 11.6 Å². The maximum atomic E-state index is 11.2. The van der Waals surface area contributed by atoms with Gasteiger partial charge in [0, 0.05) is 25.2 Å². The lowest BCUT2D eigenvalue weighted by Gasteiger charge is -2.34. The molecule has 6 nitrogen and oxygen atoms in total. The Kier molecular flexibility index (Phi) is 5.80. The molecular formula is C12H19NO5. The molecule has 2 N–H and O–H groups in total. The molecule has 0 saturated carbocycles. The van der Waals surface area contributed by atoms with E-state index < -0.39 is 11.9 Å². The molecule has 0 aromatic heterocycles. The number of carbonyl (C=O) groups is 2. The van der Waals surface area contributed by atoms with Crippen LogP contribution in [0.3, 0.4) is 0 Å². The number of hydrogen-bond donors (Lipinski definition) is 2. The number of morpholine rings is 1. The predicted molar refractivity (Wildman–Crippen MR) is 64.4 cm³/mol. The predicted octanol–water partition coefficient (Wildman–Crippen LogP) is 0.583. The highest BCUT2D eigenvalue weighted by Crippen LogP contribution is 2.18. The van der Waals surface area contributed by atoms with Gasteiger partial charge in [-0.05, 0) is 6.42 Å². The van der Waals surface area contributed by atoms with Gasteiger partial charge in [0.2, 0.25) is 0 Å². The minimum Gasteiger partial charge on any atom is -0.478 e. The summed E-state index contributed by atoms with van der Waals surface area (Å²) in [4.78, 5) is 23.9. The first kappa shape index (κ1) is 14.7. The fraction of sp³-hybridized carbons (Fsp3) is 0.667. The molecule has 1 aliphatic rings. The zero-order valence-electron chi connectivity index (χ0n) is 10.5. The van der Waals surface area contributed by atoms with Gasteiger partial charge in [0.05, 0.1) is 18.8 Å². The Morgan fingerprint density at radius 2 is 1.94 bits per heavy atom. The molecule has 1 aliphatic heterocycles. The van der Waals surface area contributed by atoms with Crippen LogP contribution in [0.15, 0.2) is 11.6 Å². The summed E-state index contributed by atoms with van der Waals surface area (Å²) in [6.07, 6.45) is 2.23. The molecule has 18 heavy (non-hydrogen) atoms. The van der Waals surface area contributed by atoms with Gasteiger partial charge in [0.25, 0.3) is 0 Å². The normalized spacial score (nSPS) is 19.5. The van der Waals surface area contributed by atoms with Crippen molar-refractivity contribution in [2.45, 2.75) is 25.8 Å². The standard InChI is InChI=1S/C12H19NO5/c1-2-3-10(13-4-6-18-7-5-13)9(12(16)17)8-11(14)15/h8,10H,2-7H2,1H3,(H,14,15)(H,16,17). The molecule has 0 aliphatic carbocycles. The first-order chi connectivity index (χ1) is 8.56. The fourth-order valence-electron chi connectivity index (χ4n) is 2.13. The molecule has 1 rings (SSSR count). The van der Waals surface area contributed by atoms with Gasteiger partial charge in [-0.25, -0.2) is 9.59 Å². The van der Waals surface area contributed by atoms with Crippen LogP contribution in [-0.4, -0.2) is 59.4 Å². The van der Waals surface area contributed by atoms with E-state index in [0.29, 0.717) is 32.7 Å². The van der Waals surface area contributed by atoms with Gasteiger partial charge in [-0.2, -0.15) is 0 Å². The summed E-state index contributed by atoms with van der Waals surface area (Å²) >= 11 is 0. The van der Waals surface area contributed by atoms with Crippen molar-refractivity contribution in [3.8, 4) is 0 Å². The van der Waals surface area contributed by atoms with E-state index >= 15 is 0 Å². The van der Waals surface area contributed by atoms with Gasteiger partial charge in [0.15, 0.2) is 0 Å². The van der Waals surface area contributed by atoms with E-state index in [2.05, 4.69) is 0 Å². The van der Waals surface area contributed by atoms with Crippen LogP contribution in [0.1, 0.15) is 19.8 Å². The van der Waals surface area contributed by atoms with Gasteiger partial charge in [0.1, 0.15) is 0 Å². The lowest BCUT2D eigenvalue weighted by Crippen LogP contribution is -2.45. The Morgan fingerprint density at radius 3 is 2.39 bits per heavy atom. The summed E-state index contributed by atoms with van der Waals surface area (Å²) in [6, 6.07) is -0.354. The molecule has 1 saturated heterocycles. The highest BCUT2D eigenvalue weighted by molar-refractivity contribution is 5.95. The van der Waals surface area contributed by atoms with Crippen LogP contribution >= 0.6 is 0 Å². The van der Waals surface area contributed by atoms with Crippen LogP contribution in [0, 0.1) is 0 Å². The Morgan fingerprint density at radius 1 is 1.33 bits per heavy atom. The van der Waals surface area contributed by atoms with E-state index in [1.54, 1.807) is 0 Å². The summed E-state index contributed by atoms with van der Waals surface area (Å²) in [6.45, 7) is 4.33. The van der Waals surface area contributed by atoms with Crippen LogP contribution in [0.4, 0.5) is 0 Å². The van der Waals surface area contributed by atoms with Crippen LogP contribution < -0.4 is 0 Å². The minimum atomic E-state index is -1.22. The number of nitrogens with zero attached hydrogens (tertiary/aromatic N) is 1. The summed E-state index contributed by atoms with van der Waals surface area (Å²) < 4.78 is 5.22. The highest BCUT2D eigenvalue weighted by atomic mass is 16.5. The lowest BCUT2D eigenvalue weighted by molar-refractivity contribution is -0.136. The first-order valence-corrected chi connectivity index (χ1v) is 6.05. The summed E-state index contributed by atoms with van der Waals surface area (Å²) in [5, 5.41) is 17.9. The zero-order valence-corrected chi connectivity index (χ0v) is 10.5. The van der Waals surface area contributed by atoms with Gasteiger partial charge >= 0.3 is 11.9 Å². The molecule has 0 radical (unpaired) electrons. The van der Waals surface area contributed by atoms with Gasteiger partial charge in [-0.1, -0.05) is 13.3 Å². The minimum absolute atomic E-state index is 0.0498. The Labute approximate surface area is 106 Å². The number of ether oxygens (including phenoxy) is 1. The maximum absolute atomic E-state index is 11.2. The van der Waals surface area contributed by atoms with E-state index in [9.17, 15) is 9.59 Å². The number of hydrogen-bond acceptors (Lipinski definition) is 4. The maximum Gasteiger partial charge on any atom is 0.333 e. The Bertz CT molecular complexity index is 333. The molecule has 0 amide bonds. The molecule has 0 aromatic rings. The average molecular weight is 257 g/mol. The van der Waals surface area contributed by atoms with E-state index in [1.807, 2.05) is 11.8 Å². The number of carboxylic acid groups (broad SMARTS) is 2. The van der Waals surface area contributed by atoms with E-state index in [1.165, 1.54) is 0 Å². The second kappa shape index (κ2) is 7.13.